The Kier molecular flexibility index (Phi) is 3.42. The molecule has 1 aromatic carbocycles. The first kappa shape index (κ1) is 12.6. The highest BCUT2D eigenvalue weighted by Crippen LogP contribution is 2.18. The number of rotatable bonds is 5. The molecule has 8 nitrogen and oxygen atoms in total. The molecule has 1 N–H and O–H groups in total. The normalized spacial score (nSPS) is 10.1. The molecule has 2 aromatic rings. The summed E-state index contributed by atoms with van der Waals surface area (Å²) in [7, 11) is 0. The number of carboxylic acid groups (broad SMARTS) is 1. The number of nitro groups is 1. The quantitative estimate of drug-likeness (QED) is 0.647. The minimum atomic E-state index is -1.19. The molecule has 0 atom stereocenters. The maximum atomic E-state index is 10.6. The van der Waals surface area contributed by atoms with Crippen molar-refractivity contribution in [3.05, 3.63) is 51.9 Å². The summed E-state index contributed by atoms with van der Waals surface area (Å²) in [5.74, 6) is -0.542. The number of nitrogens with zero attached hydrogens (tertiary/aromatic N) is 2. The van der Waals surface area contributed by atoms with Crippen molar-refractivity contribution in [1.82, 2.24) is 5.16 Å². The van der Waals surface area contributed by atoms with Crippen LogP contribution in [0.5, 0.6) is 5.75 Å². The molecule has 0 saturated heterocycles. The lowest BCUT2D eigenvalue weighted by Crippen LogP contribution is -1.96. The molecule has 1 aromatic heterocycles. The van der Waals surface area contributed by atoms with E-state index in [0.717, 1.165) is 0 Å². The molecule has 0 amide bonds. The third-order valence-corrected chi connectivity index (χ3v) is 2.21. The minimum Gasteiger partial charge on any atom is -0.486 e. The van der Waals surface area contributed by atoms with Crippen LogP contribution in [0.15, 0.2) is 34.9 Å². The van der Waals surface area contributed by atoms with Crippen LogP contribution in [-0.2, 0) is 6.61 Å². The van der Waals surface area contributed by atoms with Crippen LogP contribution in [-0.4, -0.2) is 21.2 Å². The van der Waals surface area contributed by atoms with E-state index < -0.39 is 10.9 Å². The molecule has 8 heteroatoms. The number of non-ortho nitro benzene ring substituents is 1. The molecule has 0 aliphatic carbocycles. The Labute approximate surface area is 106 Å². The topological polar surface area (TPSA) is 116 Å². The van der Waals surface area contributed by atoms with Crippen molar-refractivity contribution in [3.63, 3.8) is 0 Å². The number of hydrogen-bond donors (Lipinski definition) is 1. The maximum absolute atomic E-state index is 10.6. The predicted octanol–water partition coefficient (Wildman–Crippen LogP) is 1.86. The molecule has 0 spiro atoms. The van der Waals surface area contributed by atoms with Crippen LogP contribution in [0.4, 0.5) is 5.69 Å². The Balaban J connectivity index is 1.97. The second-order valence-corrected chi connectivity index (χ2v) is 3.52. The first-order valence-electron chi connectivity index (χ1n) is 5.12. The second-order valence-electron chi connectivity index (χ2n) is 3.52. The van der Waals surface area contributed by atoms with Crippen LogP contribution >= 0.6 is 0 Å². The molecule has 19 heavy (non-hydrogen) atoms. The van der Waals surface area contributed by atoms with Gasteiger partial charge >= 0.3 is 5.97 Å². The van der Waals surface area contributed by atoms with Gasteiger partial charge in [-0.1, -0.05) is 5.16 Å². The number of benzene rings is 1. The van der Waals surface area contributed by atoms with Gasteiger partial charge in [0.15, 0.2) is 11.5 Å². The highest BCUT2D eigenvalue weighted by Gasteiger charge is 2.11. The van der Waals surface area contributed by atoms with Crippen LogP contribution in [0.2, 0.25) is 0 Å². The third-order valence-electron chi connectivity index (χ3n) is 2.21. The van der Waals surface area contributed by atoms with E-state index in [1.165, 1.54) is 30.3 Å². The lowest BCUT2D eigenvalue weighted by Gasteiger charge is -2.02. The van der Waals surface area contributed by atoms with Crippen LogP contribution in [0.3, 0.4) is 0 Å². The van der Waals surface area contributed by atoms with Gasteiger partial charge in [0.2, 0.25) is 0 Å². The van der Waals surface area contributed by atoms with Crippen molar-refractivity contribution >= 4 is 11.7 Å². The van der Waals surface area contributed by atoms with E-state index in [9.17, 15) is 14.9 Å². The molecular formula is C11H8N2O6. The average molecular weight is 264 g/mol. The number of aromatic nitrogens is 1. The lowest BCUT2D eigenvalue weighted by atomic mass is 10.3. The van der Waals surface area contributed by atoms with Gasteiger partial charge < -0.3 is 14.4 Å². The lowest BCUT2D eigenvalue weighted by molar-refractivity contribution is -0.384. The smallest absolute Gasteiger partial charge is 0.358 e. The summed E-state index contributed by atoms with van der Waals surface area (Å²) in [5, 5.41) is 22.4. The molecule has 1 heterocycles. The Morgan fingerprint density at radius 1 is 1.42 bits per heavy atom. The Morgan fingerprint density at radius 3 is 2.63 bits per heavy atom. The van der Waals surface area contributed by atoms with Gasteiger partial charge in [0.25, 0.3) is 5.69 Å². The van der Waals surface area contributed by atoms with Gasteiger partial charge in [-0.25, -0.2) is 4.79 Å². The van der Waals surface area contributed by atoms with E-state index in [1.807, 2.05) is 0 Å². The van der Waals surface area contributed by atoms with Crippen molar-refractivity contribution < 1.29 is 24.1 Å². The van der Waals surface area contributed by atoms with Gasteiger partial charge in [0.1, 0.15) is 12.4 Å². The summed E-state index contributed by atoms with van der Waals surface area (Å²) >= 11 is 0. The van der Waals surface area contributed by atoms with Crippen LogP contribution < -0.4 is 4.74 Å². The molecule has 0 unspecified atom stereocenters. The van der Waals surface area contributed by atoms with E-state index in [0.29, 0.717) is 5.75 Å². The largest absolute Gasteiger partial charge is 0.486 e. The molecule has 0 saturated carbocycles. The highest BCUT2D eigenvalue weighted by atomic mass is 16.6. The first-order valence-corrected chi connectivity index (χ1v) is 5.12. The van der Waals surface area contributed by atoms with Gasteiger partial charge in [-0.05, 0) is 12.1 Å². The fourth-order valence-corrected chi connectivity index (χ4v) is 1.30. The number of carboxylic acids is 1. The van der Waals surface area contributed by atoms with Crippen LogP contribution in [0.25, 0.3) is 0 Å². The van der Waals surface area contributed by atoms with E-state index >= 15 is 0 Å². The van der Waals surface area contributed by atoms with Crippen LogP contribution in [0, 0.1) is 10.1 Å². The monoisotopic (exact) mass is 264 g/mol. The summed E-state index contributed by atoms with van der Waals surface area (Å²) in [6, 6.07) is 6.73. The van der Waals surface area contributed by atoms with Gasteiger partial charge in [-0.15, -0.1) is 0 Å². The first-order chi connectivity index (χ1) is 9.06. The SMILES string of the molecule is O=C(O)c1cc(COc2ccc([N+](=O)[O-])cc2)on1. The van der Waals surface area contributed by atoms with Crippen molar-refractivity contribution in [3.8, 4) is 5.75 Å². The predicted molar refractivity (Wildman–Crippen MR) is 60.9 cm³/mol. The zero-order valence-corrected chi connectivity index (χ0v) is 9.48. The van der Waals surface area contributed by atoms with Gasteiger partial charge in [0.05, 0.1) is 4.92 Å². The second kappa shape index (κ2) is 5.17. The Hall–Kier alpha value is -2.90. The van der Waals surface area contributed by atoms with Gasteiger partial charge in [-0.3, -0.25) is 10.1 Å². The molecular weight excluding hydrogens is 256 g/mol. The summed E-state index contributed by atoms with van der Waals surface area (Å²) in [6.07, 6.45) is 0. The Bertz CT molecular complexity index is 604. The number of ether oxygens (including phenoxy) is 1. The summed E-state index contributed by atoms with van der Waals surface area (Å²) in [4.78, 5) is 20.5. The van der Waals surface area contributed by atoms with E-state index in [4.69, 9.17) is 14.4 Å². The van der Waals surface area contributed by atoms with Crippen LogP contribution in [0.1, 0.15) is 16.2 Å². The average Bonchev–Trinajstić information content (AvgIpc) is 2.86. The van der Waals surface area contributed by atoms with E-state index in [-0.39, 0.29) is 23.7 Å². The molecule has 0 aliphatic rings. The van der Waals surface area contributed by atoms with Crippen molar-refractivity contribution in [2.45, 2.75) is 6.61 Å². The van der Waals surface area contributed by atoms with Gasteiger partial charge in [0, 0.05) is 18.2 Å². The molecule has 0 fully saturated rings. The number of hydrogen-bond acceptors (Lipinski definition) is 6. The highest BCUT2D eigenvalue weighted by molar-refractivity contribution is 5.85. The number of carbonyl (C=O) groups is 1. The molecule has 2 rings (SSSR count). The zero-order chi connectivity index (χ0) is 13.8. The van der Waals surface area contributed by atoms with Crippen molar-refractivity contribution in [2.75, 3.05) is 0 Å². The van der Waals surface area contributed by atoms with E-state index in [1.54, 1.807) is 0 Å². The molecule has 0 aliphatic heterocycles. The summed E-state index contributed by atoms with van der Waals surface area (Å²) in [6.45, 7) is -0.0158. The number of nitro benzene ring substituents is 1. The van der Waals surface area contributed by atoms with Gasteiger partial charge in [-0.2, -0.15) is 0 Å². The van der Waals surface area contributed by atoms with E-state index in [2.05, 4.69) is 5.16 Å². The van der Waals surface area contributed by atoms with Crippen molar-refractivity contribution in [1.29, 1.82) is 0 Å². The van der Waals surface area contributed by atoms with Crippen molar-refractivity contribution in [2.24, 2.45) is 0 Å². The minimum absolute atomic E-state index is 0.0158. The standard InChI is InChI=1S/C11H8N2O6/c14-11(15)10-5-9(19-12-10)6-18-8-3-1-7(2-4-8)13(16)17/h1-5H,6H2,(H,14,15). The molecule has 98 valence electrons. The fraction of sp³-hybridized carbons (Fsp3) is 0.0909. The maximum Gasteiger partial charge on any atom is 0.358 e. The third kappa shape index (κ3) is 3.06. The zero-order valence-electron chi connectivity index (χ0n) is 9.48. The molecule has 0 radical (unpaired) electrons. The molecule has 0 bridgehead atoms. The fourth-order valence-electron chi connectivity index (χ4n) is 1.30. The summed E-state index contributed by atoms with van der Waals surface area (Å²) in [5.41, 5.74) is -0.248. The number of aromatic carboxylic acids is 1. The summed E-state index contributed by atoms with van der Waals surface area (Å²) < 4.78 is 10.0. The Morgan fingerprint density at radius 2 is 2.11 bits per heavy atom.